The molecule has 2 fully saturated rings. The lowest BCUT2D eigenvalue weighted by molar-refractivity contribution is -0.138. The van der Waals surface area contributed by atoms with Gasteiger partial charge in [-0.2, -0.15) is 5.01 Å². The van der Waals surface area contributed by atoms with Crippen LogP contribution in [0.1, 0.15) is 40.6 Å². The highest BCUT2D eigenvalue weighted by molar-refractivity contribution is 6.12. The van der Waals surface area contributed by atoms with Gasteiger partial charge in [0.25, 0.3) is 11.8 Å². The first-order valence-corrected chi connectivity index (χ1v) is 16.0. The van der Waals surface area contributed by atoms with Gasteiger partial charge in [0.2, 0.25) is 0 Å². The molecule has 48 heavy (non-hydrogen) atoms. The molecule has 2 N–H and O–H groups in total. The number of anilines is 1. The maximum atomic E-state index is 15.1. The zero-order valence-electron chi connectivity index (χ0n) is 26.4. The fourth-order valence-electron chi connectivity index (χ4n) is 8.04. The summed E-state index contributed by atoms with van der Waals surface area (Å²) in [7, 11) is 0. The number of hydrogen-bond donors (Lipinski definition) is 2. The largest absolute Gasteiger partial charge is 0.508 e. The number of nitrogens with zero attached hydrogens (tertiary/aromatic N) is 4. The number of benzene rings is 4. The van der Waals surface area contributed by atoms with Gasteiger partial charge in [-0.25, -0.2) is 23.5 Å². The van der Waals surface area contributed by atoms with E-state index in [1.807, 2.05) is 79.7 Å². The van der Waals surface area contributed by atoms with Crippen molar-refractivity contribution in [1.82, 2.24) is 18.9 Å². The molecule has 10 heteroatoms. The molecule has 1 aromatic heterocycles. The highest BCUT2D eigenvalue weighted by atomic mass is 16.3. The molecule has 5 aromatic rings. The van der Waals surface area contributed by atoms with Crippen LogP contribution in [0.3, 0.4) is 0 Å². The predicted octanol–water partition coefficient (Wildman–Crippen LogP) is 4.74. The molecule has 3 heterocycles. The van der Waals surface area contributed by atoms with Crippen LogP contribution in [-0.2, 0) is 21.5 Å². The summed E-state index contributed by atoms with van der Waals surface area (Å²) in [6.07, 6.45) is 2.05. The van der Waals surface area contributed by atoms with Crippen molar-refractivity contribution >= 4 is 17.5 Å². The molecule has 8 rings (SSSR count). The Morgan fingerprint density at radius 1 is 0.812 bits per heavy atom. The summed E-state index contributed by atoms with van der Waals surface area (Å²) in [4.78, 5) is 57.8. The van der Waals surface area contributed by atoms with Crippen molar-refractivity contribution in [2.24, 2.45) is 5.92 Å². The molecule has 2 aliphatic heterocycles. The van der Waals surface area contributed by atoms with Crippen LogP contribution in [-0.4, -0.2) is 35.9 Å². The molecule has 4 unspecified atom stereocenters. The Bertz CT molecular complexity index is 2250. The number of nitrogens with one attached hydrogen (secondary N) is 1. The van der Waals surface area contributed by atoms with Crippen LogP contribution in [0.5, 0.6) is 5.75 Å². The van der Waals surface area contributed by atoms with E-state index >= 15 is 4.79 Å². The van der Waals surface area contributed by atoms with E-state index in [9.17, 15) is 19.5 Å². The number of aromatic nitrogens is 3. The van der Waals surface area contributed by atoms with E-state index in [1.165, 1.54) is 9.36 Å². The number of imide groups is 1. The number of phenols is 1. The van der Waals surface area contributed by atoms with Gasteiger partial charge in [-0.1, -0.05) is 84.4 Å². The number of hydrogen-bond acceptors (Lipinski definition) is 6. The van der Waals surface area contributed by atoms with Crippen LogP contribution < -0.4 is 16.8 Å². The van der Waals surface area contributed by atoms with E-state index in [0.717, 1.165) is 26.3 Å². The number of aromatic hydroxyl groups is 1. The lowest BCUT2D eigenvalue weighted by Gasteiger charge is -2.49. The van der Waals surface area contributed by atoms with E-state index in [0.29, 0.717) is 22.5 Å². The molecule has 10 nitrogen and oxygen atoms in total. The summed E-state index contributed by atoms with van der Waals surface area (Å²) in [5.41, 5.74) is 5.57. The zero-order chi connectivity index (χ0) is 33.3. The second-order valence-corrected chi connectivity index (χ2v) is 12.8. The van der Waals surface area contributed by atoms with Crippen molar-refractivity contribution in [3.8, 4) is 11.4 Å². The van der Waals surface area contributed by atoms with Gasteiger partial charge in [0.15, 0.2) is 0 Å². The number of carbonyl (C=O) groups is 2. The van der Waals surface area contributed by atoms with Gasteiger partial charge in [0, 0.05) is 5.92 Å². The molecular formula is C38H33N5O5. The molecule has 240 valence electrons. The van der Waals surface area contributed by atoms with Crippen molar-refractivity contribution in [3.05, 3.63) is 158 Å². The topological polar surface area (TPSA) is 119 Å². The fourth-order valence-corrected chi connectivity index (χ4v) is 8.04. The first-order valence-electron chi connectivity index (χ1n) is 16.0. The first kappa shape index (κ1) is 29.5. The number of rotatable bonds is 5. The molecule has 1 aliphatic carbocycles. The van der Waals surface area contributed by atoms with Crippen LogP contribution in [0.15, 0.2) is 124 Å². The highest BCUT2D eigenvalue weighted by Gasteiger charge is 2.68. The third-order valence-electron chi connectivity index (χ3n) is 10.2. The molecule has 3 aliphatic rings. The number of amides is 2. The van der Waals surface area contributed by atoms with E-state index in [1.54, 1.807) is 43.3 Å². The van der Waals surface area contributed by atoms with E-state index in [2.05, 4.69) is 5.43 Å². The van der Waals surface area contributed by atoms with Crippen molar-refractivity contribution in [2.45, 2.75) is 44.2 Å². The maximum absolute atomic E-state index is 15.1. The number of para-hydroxylation sites is 1. The van der Waals surface area contributed by atoms with Crippen LogP contribution in [0.4, 0.5) is 5.69 Å². The Morgan fingerprint density at radius 3 is 2.19 bits per heavy atom. The number of aryl methyl sites for hydroxylation is 2. The van der Waals surface area contributed by atoms with Crippen molar-refractivity contribution in [2.75, 3.05) is 5.43 Å². The van der Waals surface area contributed by atoms with E-state index in [-0.39, 0.29) is 18.7 Å². The number of carbonyl (C=O) groups excluding carboxylic acids is 2. The molecular weight excluding hydrogens is 606 g/mol. The average molecular weight is 640 g/mol. The minimum absolute atomic E-state index is 0.107. The van der Waals surface area contributed by atoms with Gasteiger partial charge in [-0.05, 0) is 72.9 Å². The quantitative estimate of drug-likeness (QED) is 0.212. The zero-order valence-corrected chi connectivity index (χ0v) is 26.4. The molecule has 1 saturated heterocycles. The lowest BCUT2D eigenvalue weighted by Crippen LogP contribution is -2.53. The van der Waals surface area contributed by atoms with Gasteiger partial charge in [0.05, 0.1) is 35.3 Å². The Kier molecular flexibility index (Phi) is 6.66. The minimum atomic E-state index is -1.39. The van der Waals surface area contributed by atoms with Crippen LogP contribution in [0, 0.1) is 19.8 Å². The summed E-state index contributed by atoms with van der Waals surface area (Å²) >= 11 is 0. The molecule has 1 saturated carbocycles. The maximum Gasteiger partial charge on any atom is 0.352 e. The Hall–Kier alpha value is -5.90. The number of allylic oxidation sites excluding steroid dienone is 2. The third kappa shape index (κ3) is 4.11. The van der Waals surface area contributed by atoms with Crippen LogP contribution in [0.25, 0.3) is 5.69 Å². The lowest BCUT2D eigenvalue weighted by atomic mass is 9.53. The SMILES string of the molecule is Cc1ccc(NN2C(=O)C3CC4C(=CCn5c(=O)n(-c6ccccc6)c(=O)n54)C(c4ccc(O)c(C)c4)C3(c3ccccc3)C2=O)cc1. The monoisotopic (exact) mass is 639 g/mol. The van der Waals surface area contributed by atoms with Crippen LogP contribution in [0.2, 0.25) is 0 Å². The number of phenolic OH excluding ortho intramolecular Hbond substituents is 1. The summed E-state index contributed by atoms with van der Waals surface area (Å²) in [6.45, 7) is 3.85. The highest BCUT2D eigenvalue weighted by Crippen LogP contribution is 2.62. The minimum Gasteiger partial charge on any atom is -0.508 e. The van der Waals surface area contributed by atoms with Gasteiger partial charge < -0.3 is 5.11 Å². The first-order chi connectivity index (χ1) is 23.2. The van der Waals surface area contributed by atoms with Gasteiger partial charge in [-0.3, -0.25) is 15.0 Å². The fraction of sp³-hybridized carbons (Fsp3) is 0.211. The second-order valence-electron chi connectivity index (χ2n) is 12.8. The third-order valence-corrected chi connectivity index (χ3v) is 10.2. The van der Waals surface area contributed by atoms with E-state index in [4.69, 9.17) is 0 Å². The summed E-state index contributed by atoms with van der Waals surface area (Å²) < 4.78 is 4.04. The summed E-state index contributed by atoms with van der Waals surface area (Å²) in [5, 5.41) is 11.7. The smallest absolute Gasteiger partial charge is 0.352 e. The van der Waals surface area contributed by atoms with Crippen LogP contribution >= 0.6 is 0 Å². The van der Waals surface area contributed by atoms with E-state index < -0.39 is 46.5 Å². The van der Waals surface area contributed by atoms with Gasteiger partial charge >= 0.3 is 11.4 Å². The normalized spacial score (nSPS) is 22.9. The standard InChI is InChI=1S/C38H33N5O5/c1-23-13-16-27(17-14-23)39-42-34(45)30-22-31-29(19-20-40-36(47)41(37(48)43(31)40)28-11-7-4-8-12-28)33(25-15-18-32(44)24(2)21-25)38(30,35(42)46)26-9-5-3-6-10-26/h3-19,21,30-31,33,39,44H,20,22H2,1-2H3. The van der Waals surface area contributed by atoms with Gasteiger partial charge in [0.1, 0.15) is 5.75 Å². The summed E-state index contributed by atoms with van der Waals surface area (Å²) in [6, 6.07) is 30.1. The predicted molar refractivity (Wildman–Crippen MR) is 180 cm³/mol. The average Bonchev–Trinajstić information content (AvgIpc) is 3.48. The molecule has 0 radical (unpaired) electrons. The molecule has 0 bridgehead atoms. The Labute approximate surface area is 275 Å². The number of hydrazine groups is 1. The Balaban J connectivity index is 1.38. The molecule has 4 atom stereocenters. The molecule has 2 amide bonds. The summed E-state index contributed by atoms with van der Waals surface area (Å²) in [5.74, 6) is -2.33. The molecule has 0 spiro atoms. The molecule has 4 aromatic carbocycles. The number of fused-ring (bicyclic) bond motifs is 4. The van der Waals surface area contributed by atoms with Crippen molar-refractivity contribution in [1.29, 1.82) is 0 Å². The van der Waals surface area contributed by atoms with Gasteiger partial charge in [-0.15, -0.1) is 0 Å². The second kappa shape index (κ2) is 10.8. The van der Waals surface area contributed by atoms with Crippen molar-refractivity contribution in [3.63, 3.8) is 0 Å². The van der Waals surface area contributed by atoms with Crippen molar-refractivity contribution < 1.29 is 14.7 Å². The Morgan fingerprint density at radius 2 is 1.50 bits per heavy atom.